The fourth-order valence-corrected chi connectivity index (χ4v) is 4.80. The van der Waals surface area contributed by atoms with Crippen LogP contribution >= 0.6 is 11.3 Å². The van der Waals surface area contributed by atoms with Crippen molar-refractivity contribution in [3.05, 3.63) is 70.4 Å². The summed E-state index contributed by atoms with van der Waals surface area (Å²) in [7, 11) is -3.69. The predicted molar refractivity (Wildman–Crippen MR) is 106 cm³/mol. The fourth-order valence-electron chi connectivity index (χ4n) is 3.05. The highest BCUT2D eigenvalue weighted by molar-refractivity contribution is 7.89. The maximum Gasteiger partial charge on any atom is 0.240 e. The fraction of sp³-hybridized carbons (Fsp3) is 0.200. The van der Waals surface area contributed by atoms with E-state index < -0.39 is 16.1 Å². The van der Waals surface area contributed by atoms with Crippen LogP contribution in [0.4, 0.5) is 0 Å². The molecule has 5 nitrogen and oxygen atoms in total. The quantitative estimate of drug-likeness (QED) is 0.664. The average molecular weight is 402 g/mol. The van der Waals surface area contributed by atoms with E-state index in [2.05, 4.69) is 10.1 Å². The van der Waals surface area contributed by atoms with Crippen molar-refractivity contribution in [2.45, 2.75) is 17.4 Å². The first-order valence-corrected chi connectivity index (χ1v) is 11.0. The van der Waals surface area contributed by atoms with Gasteiger partial charge in [-0.05, 0) is 57.3 Å². The molecule has 0 saturated heterocycles. The molecule has 0 radical (unpaired) electrons. The first-order chi connectivity index (χ1) is 13.0. The summed E-state index contributed by atoms with van der Waals surface area (Å²) in [6.45, 7) is 0.486. The maximum atomic E-state index is 12.5. The number of hydrogen-bond acceptors (Lipinski definition) is 5. The van der Waals surface area contributed by atoms with Crippen molar-refractivity contribution in [2.24, 2.45) is 0 Å². The zero-order chi connectivity index (χ0) is 18.9. The second-order valence-corrected chi connectivity index (χ2v) is 8.92. The highest BCUT2D eigenvalue weighted by atomic mass is 32.2. The minimum Gasteiger partial charge on any atom is -0.493 e. The van der Waals surface area contributed by atoms with E-state index in [1.54, 1.807) is 23.5 Å². The largest absolute Gasteiger partial charge is 0.493 e. The molecule has 2 aromatic carbocycles. The molecule has 1 atom stereocenters. The van der Waals surface area contributed by atoms with Gasteiger partial charge in [0.25, 0.3) is 0 Å². The second kappa shape index (κ2) is 7.44. The van der Waals surface area contributed by atoms with Gasteiger partial charge in [0, 0.05) is 13.0 Å². The molecule has 0 bridgehead atoms. The van der Waals surface area contributed by atoms with Gasteiger partial charge in [-0.1, -0.05) is 24.3 Å². The third-order valence-corrected chi connectivity index (χ3v) is 6.69. The lowest BCUT2D eigenvalue weighted by Crippen LogP contribution is -2.28. The van der Waals surface area contributed by atoms with Gasteiger partial charge in [-0.15, -0.1) is 0 Å². The van der Waals surface area contributed by atoms with Gasteiger partial charge in [0.2, 0.25) is 10.0 Å². The molecule has 27 heavy (non-hydrogen) atoms. The second-order valence-electron chi connectivity index (χ2n) is 6.37. The van der Waals surface area contributed by atoms with Crippen LogP contribution in [0, 0.1) is 0 Å². The van der Waals surface area contributed by atoms with E-state index in [4.69, 9.17) is 4.74 Å². The van der Waals surface area contributed by atoms with Crippen molar-refractivity contribution in [1.82, 2.24) is 4.72 Å². The Kier molecular flexibility index (Phi) is 5.01. The molecule has 0 fully saturated rings. The van der Waals surface area contributed by atoms with Crippen LogP contribution in [0.3, 0.4) is 0 Å². The van der Waals surface area contributed by atoms with Crippen LogP contribution in [0.2, 0.25) is 0 Å². The summed E-state index contributed by atoms with van der Waals surface area (Å²) in [6, 6.07) is 14.4. The Balaban J connectivity index is 1.43. The van der Waals surface area contributed by atoms with E-state index in [9.17, 15) is 13.5 Å². The molecule has 0 amide bonds. The van der Waals surface area contributed by atoms with Crippen LogP contribution in [-0.4, -0.2) is 26.7 Å². The molecule has 2 N–H and O–H groups in total. The summed E-state index contributed by atoms with van der Waals surface area (Å²) in [5.74, 6) is 0.736. The SMILES string of the molecule is O=S(=O)(NC[C@@H](O)c1ccc(-c2ccsc2)cc1)c1ccc2c(c1)CCO2. The summed E-state index contributed by atoms with van der Waals surface area (Å²) in [5.41, 5.74) is 3.75. The number of hydrogen-bond donors (Lipinski definition) is 2. The van der Waals surface area contributed by atoms with E-state index >= 15 is 0 Å². The Morgan fingerprint density at radius 3 is 2.67 bits per heavy atom. The summed E-state index contributed by atoms with van der Waals surface area (Å²) in [5, 5.41) is 14.4. The number of thiophene rings is 1. The molecule has 1 aliphatic heterocycles. The summed E-state index contributed by atoms with van der Waals surface area (Å²) >= 11 is 1.63. The van der Waals surface area contributed by atoms with E-state index in [-0.39, 0.29) is 11.4 Å². The van der Waals surface area contributed by atoms with Crippen LogP contribution in [-0.2, 0) is 16.4 Å². The molecule has 0 aliphatic carbocycles. The number of fused-ring (bicyclic) bond motifs is 1. The van der Waals surface area contributed by atoms with E-state index in [0.29, 0.717) is 18.6 Å². The third-order valence-electron chi connectivity index (χ3n) is 4.59. The van der Waals surface area contributed by atoms with Crippen molar-refractivity contribution in [3.63, 3.8) is 0 Å². The standard InChI is InChI=1S/C20H19NO4S2/c22-19(15-3-1-14(2-4-15)17-8-10-26-13-17)12-21-27(23,24)18-5-6-20-16(11-18)7-9-25-20/h1-6,8,10-11,13,19,21-22H,7,9,12H2/t19-/m1/s1. The topological polar surface area (TPSA) is 75.6 Å². The van der Waals surface area contributed by atoms with Crippen LogP contribution in [0.15, 0.2) is 64.2 Å². The molecule has 2 heterocycles. The van der Waals surface area contributed by atoms with Crippen molar-refractivity contribution >= 4 is 21.4 Å². The highest BCUT2D eigenvalue weighted by Gasteiger charge is 2.20. The Morgan fingerprint density at radius 1 is 1.11 bits per heavy atom. The van der Waals surface area contributed by atoms with Gasteiger partial charge in [-0.3, -0.25) is 0 Å². The van der Waals surface area contributed by atoms with Crippen LogP contribution in [0.25, 0.3) is 11.1 Å². The summed E-state index contributed by atoms with van der Waals surface area (Å²) in [4.78, 5) is 0.187. The van der Waals surface area contributed by atoms with E-state index in [1.807, 2.05) is 35.7 Å². The average Bonchev–Trinajstić information content (AvgIpc) is 3.37. The number of aliphatic hydroxyl groups excluding tert-OH is 1. The van der Waals surface area contributed by atoms with Gasteiger partial charge >= 0.3 is 0 Å². The number of aliphatic hydroxyl groups is 1. The molecule has 3 aromatic rings. The van der Waals surface area contributed by atoms with Crippen molar-refractivity contribution < 1.29 is 18.3 Å². The lowest BCUT2D eigenvalue weighted by Gasteiger charge is -2.13. The first kappa shape index (κ1) is 18.2. The van der Waals surface area contributed by atoms with E-state index in [1.165, 1.54) is 6.07 Å². The molecular weight excluding hydrogens is 382 g/mol. The molecule has 140 valence electrons. The zero-order valence-electron chi connectivity index (χ0n) is 14.5. The molecule has 1 aliphatic rings. The molecule has 4 rings (SSSR count). The normalized spacial score (nSPS) is 14.6. The lowest BCUT2D eigenvalue weighted by molar-refractivity contribution is 0.182. The Morgan fingerprint density at radius 2 is 1.93 bits per heavy atom. The Hall–Kier alpha value is -2.19. The molecular formula is C20H19NO4S2. The molecule has 0 unspecified atom stereocenters. The van der Waals surface area contributed by atoms with Crippen LogP contribution in [0.1, 0.15) is 17.2 Å². The number of rotatable bonds is 6. The number of nitrogens with one attached hydrogen (secondary N) is 1. The van der Waals surface area contributed by atoms with Gasteiger partial charge in [0.05, 0.1) is 17.6 Å². The highest BCUT2D eigenvalue weighted by Crippen LogP contribution is 2.28. The van der Waals surface area contributed by atoms with Gasteiger partial charge in [0.15, 0.2) is 0 Å². The van der Waals surface area contributed by atoms with Crippen molar-refractivity contribution in [2.75, 3.05) is 13.2 Å². The molecule has 0 saturated carbocycles. The minimum atomic E-state index is -3.69. The third kappa shape index (κ3) is 3.91. The first-order valence-electron chi connectivity index (χ1n) is 8.59. The monoisotopic (exact) mass is 401 g/mol. The number of benzene rings is 2. The van der Waals surface area contributed by atoms with Gasteiger partial charge < -0.3 is 9.84 Å². The zero-order valence-corrected chi connectivity index (χ0v) is 16.1. The lowest BCUT2D eigenvalue weighted by atomic mass is 10.0. The molecule has 7 heteroatoms. The van der Waals surface area contributed by atoms with Crippen LogP contribution < -0.4 is 9.46 Å². The summed E-state index contributed by atoms with van der Waals surface area (Å²) < 4.78 is 32.9. The van der Waals surface area contributed by atoms with Gasteiger partial charge in [0.1, 0.15) is 5.75 Å². The summed E-state index contributed by atoms with van der Waals surface area (Å²) in [6.07, 6.45) is -0.216. The smallest absolute Gasteiger partial charge is 0.240 e. The predicted octanol–water partition coefficient (Wildman–Crippen LogP) is 3.36. The van der Waals surface area contributed by atoms with E-state index in [0.717, 1.165) is 22.4 Å². The Labute approximate surface area is 162 Å². The number of sulfonamides is 1. The van der Waals surface area contributed by atoms with Gasteiger partial charge in [-0.2, -0.15) is 11.3 Å². The minimum absolute atomic E-state index is 0.0896. The van der Waals surface area contributed by atoms with Gasteiger partial charge in [-0.25, -0.2) is 13.1 Å². The number of ether oxygens (including phenoxy) is 1. The van der Waals surface area contributed by atoms with Crippen molar-refractivity contribution in [1.29, 1.82) is 0 Å². The van der Waals surface area contributed by atoms with Crippen molar-refractivity contribution in [3.8, 4) is 16.9 Å². The molecule has 1 aromatic heterocycles. The molecule has 0 spiro atoms. The Bertz CT molecular complexity index is 1030. The maximum absolute atomic E-state index is 12.5. The van der Waals surface area contributed by atoms with Crippen LogP contribution in [0.5, 0.6) is 5.75 Å².